The van der Waals surface area contributed by atoms with E-state index in [4.69, 9.17) is 4.74 Å². The fourth-order valence-corrected chi connectivity index (χ4v) is 2.28. The average molecular weight is 307 g/mol. The first kappa shape index (κ1) is 15.6. The lowest BCUT2D eigenvalue weighted by Gasteiger charge is -2.25. The van der Waals surface area contributed by atoms with Crippen molar-refractivity contribution in [2.45, 2.75) is 0 Å². The molecule has 1 fully saturated rings. The molecule has 0 atom stereocenters. The average Bonchev–Trinajstić information content (AvgIpc) is 2.42. The highest BCUT2D eigenvalue weighted by molar-refractivity contribution is 5.88. The van der Waals surface area contributed by atoms with Crippen LogP contribution in [0.1, 0.15) is 0 Å². The molecule has 0 bridgehead atoms. The first-order valence-electron chi connectivity index (χ1n) is 6.93. The first-order valence-corrected chi connectivity index (χ1v) is 6.93. The second-order valence-corrected chi connectivity index (χ2v) is 4.97. The number of benzene rings is 2. The predicted octanol–water partition coefficient (Wildman–Crippen LogP) is 1.98. The molecule has 0 unspecified atom stereocenters. The molecular weight excluding hydrogens is 288 g/mol. The summed E-state index contributed by atoms with van der Waals surface area (Å²) < 4.78 is 5.77. The van der Waals surface area contributed by atoms with Crippen molar-refractivity contribution in [1.82, 2.24) is 10.6 Å². The number of fused-ring (bicyclic) bond motifs is 1. The van der Waals surface area contributed by atoms with Gasteiger partial charge in [-0.15, -0.1) is 12.4 Å². The monoisotopic (exact) mass is 306 g/mol. The Labute approximate surface area is 130 Å². The number of amides is 1. The minimum Gasteiger partial charge on any atom is -0.491 e. The molecule has 4 nitrogen and oxygen atoms in total. The molecule has 1 aliphatic rings. The summed E-state index contributed by atoms with van der Waals surface area (Å²) in [4.78, 5) is 11.6. The first-order chi connectivity index (χ1) is 9.84. The lowest BCUT2D eigenvalue weighted by atomic mass is 10.0. The number of hydrogen-bond donors (Lipinski definition) is 2. The van der Waals surface area contributed by atoms with E-state index in [1.807, 2.05) is 30.3 Å². The number of rotatable bonds is 5. The molecule has 3 rings (SSSR count). The number of carbonyl (C=O) groups excluding carboxylic acids is 1. The fraction of sp³-hybridized carbons (Fsp3) is 0.312. The van der Waals surface area contributed by atoms with Crippen LogP contribution in [0.25, 0.3) is 10.8 Å². The molecule has 0 aromatic heterocycles. The van der Waals surface area contributed by atoms with E-state index in [-0.39, 0.29) is 24.2 Å². The van der Waals surface area contributed by atoms with E-state index in [9.17, 15) is 4.79 Å². The van der Waals surface area contributed by atoms with Gasteiger partial charge in [-0.25, -0.2) is 0 Å². The predicted molar refractivity (Wildman–Crippen MR) is 86.1 cm³/mol. The van der Waals surface area contributed by atoms with E-state index in [1.165, 1.54) is 0 Å². The van der Waals surface area contributed by atoms with Crippen molar-refractivity contribution >= 4 is 29.1 Å². The van der Waals surface area contributed by atoms with Crippen molar-refractivity contribution in [1.29, 1.82) is 0 Å². The summed E-state index contributed by atoms with van der Waals surface area (Å²) in [5, 5.41) is 8.25. The van der Waals surface area contributed by atoms with Gasteiger partial charge in [0.2, 0.25) is 5.91 Å². The smallest absolute Gasteiger partial charge is 0.225 e. The molecule has 2 aromatic rings. The van der Waals surface area contributed by atoms with Gasteiger partial charge in [0.05, 0.1) is 12.5 Å². The summed E-state index contributed by atoms with van der Waals surface area (Å²) >= 11 is 0. The van der Waals surface area contributed by atoms with E-state index in [1.54, 1.807) is 0 Å². The Morgan fingerprint density at radius 3 is 2.71 bits per heavy atom. The van der Waals surface area contributed by atoms with E-state index >= 15 is 0 Å². The third kappa shape index (κ3) is 3.65. The van der Waals surface area contributed by atoms with Crippen LogP contribution in [0.2, 0.25) is 0 Å². The van der Waals surface area contributed by atoms with Crippen molar-refractivity contribution in [3.63, 3.8) is 0 Å². The third-order valence-corrected chi connectivity index (χ3v) is 3.56. The Balaban J connectivity index is 0.00000161. The molecule has 0 aliphatic carbocycles. The maximum atomic E-state index is 11.6. The lowest BCUT2D eigenvalue weighted by Crippen LogP contribution is -2.51. The Morgan fingerprint density at radius 2 is 1.95 bits per heavy atom. The van der Waals surface area contributed by atoms with Gasteiger partial charge in [0.15, 0.2) is 0 Å². The summed E-state index contributed by atoms with van der Waals surface area (Å²) in [6.07, 6.45) is 0. The molecule has 1 saturated heterocycles. The molecule has 1 aliphatic heterocycles. The summed E-state index contributed by atoms with van der Waals surface area (Å²) in [6.45, 7) is 2.60. The Bertz CT molecular complexity index is 609. The Kier molecular flexibility index (Phi) is 5.42. The highest BCUT2D eigenvalue weighted by Crippen LogP contribution is 2.24. The highest BCUT2D eigenvalue weighted by atomic mass is 35.5. The van der Waals surface area contributed by atoms with Crippen molar-refractivity contribution in [3.05, 3.63) is 42.5 Å². The molecule has 2 aromatic carbocycles. The van der Waals surface area contributed by atoms with Gasteiger partial charge in [-0.3, -0.25) is 4.79 Å². The van der Waals surface area contributed by atoms with Crippen molar-refractivity contribution in [2.24, 2.45) is 5.92 Å². The molecule has 0 radical (unpaired) electrons. The molecule has 5 heteroatoms. The highest BCUT2D eigenvalue weighted by Gasteiger charge is 2.24. The molecule has 0 spiro atoms. The van der Waals surface area contributed by atoms with Gasteiger partial charge in [0.1, 0.15) is 12.4 Å². The van der Waals surface area contributed by atoms with Crippen molar-refractivity contribution < 1.29 is 9.53 Å². The van der Waals surface area contributed by atoms with E-state index in [0.717, 1.165) is 29.6 Å². The summed E-state index contributed by atoms with van der Waals surface area (Å²) in [5.74, 6) is 1.11. The van der Waals surface area contributed by atoms with Crippen LogP contribution < -0.4 is 15.4 Å². The van der Waals surface area contributed by atoms with Crippen molar-refractivity contribution in [3.8, 4) is 5.75 Å². The van der Waals surface area contributed by atoms with Crippen LogP contribution in [0.3, 0.4) is 0 Å². The van der Waals surface area contributed by atoms with Gasteiger partial charge < -0.3 is 15.4 Å². The Hall–Kier alpha value is -1.78. The minimum atomic E-state index is 0. The molecular formula is C16H19ClN2O2. The molecule has 112 valence electrons. The summed E-state index contributed by atoms with van der Waals surface area (Å²) in [7, 11) is 0. The Morgan fingerprint density at radius 1 is 1.19 bits per heavy atom. The number of hydrogen-bond acceptors (Lipinski definition) is 3. The standard InChI is InChI=1S/C16H18N2O2.ClH/c19-16(13-10-17-11-13)18-8-9-20-15-7-3-5-12-4-1-2-6-14(12)15;/h1-7,13,17H,8-11H2,(H,18,19);1H. The van der Waals surface area contributed by atoms with Crippen LogP contribution >= 0.6 is 12.4 Å². The molecule has 0 saturated carbocycles. The van der Waals surface area contributed by atoms with Gasteiger partial charge >= 0.3 is 0 Å². The second kappa shape index (κ2) is 7.29. The zero-order valence-electron chi connectivity index (χ0n) is 11.7. The second-order valence-electron chi connectivity index (χ2n) is 4.97. The maximum absolute atomic E-state index is 11.6. The van der Waals surface area contributed by atoms with E-state index in [2.05, 4.69) is 22.8 Å². The van der Waals surface area contributed by atoms with Crippen LogP contribution in [0, 0.1) is 5.92 Å². The van der Waals surface area contributed by atoms with Crippen molar-refractivity contribution in [2.75, 3.05) is 26.2 Å². The summed E-state index contributed by atoms with van der Waals surface area (Å²) in [6, 6.07) is 14.1. The molecule has 2 N–H and O–H groups in total. The summed E-state index contributed by atoms with van der Waals surface area (Å²) in [5.41, 5.74) is 0. The van der Waals surface area contributed by atoms with Gasteiger partial charge in [0, 0.05) is 18.5 Å². The maximum Gasteiger partial charge on any atom is 0.225 e. The van der Waals surface area contributed by atoms with Crippen LogP contribution in [-0.4, -0.2) is 32.1 Å². The topological polar surface area (TPSA) is 50.4 Å². The molecule has 21 heavy (non-hydrogen) atoms. The fourth-order valence-electron chi connectivity index (χ4n) is 2.28. The molecule has 1 heterocycles. The lowest BCUT2D eigenvalue weighted by molar-refractivity contribution is -0.126. The quantitative estimate of drug-likeness (QED) is 0.831. The van der Waals surface area contributed by atoms with E-state index < -0.39 is 0 Å². The van der Waals surface area contributed by atoms with E-state index in [0.29, 0.717) is 13.2 Å². The largest absolute Gasteiger partial charge is 0.491 e. The number of halogens is 1. The zero-order valence-corrected chi connectivity index (χ0v) is 12.5. The molecule has 1 amide bonds. The number of carbonyl (C=O) groups is 1. The zero-order chi connectivity index (χ0) is 13.8. The normalized spacial score (nSPS) is 14.1. The van der Waals surface area contributed by atoms with Gasteiger partial charge in [-0.2, -0.15) is 0 Å². The minimum absolute atomic E-state index is 0. The van der Waals surface area contributed by atoms with Crippen LogP contribution in [0.4, 0.5) is 0 Å². The van der Waals surface area contributed by atoms with Crippen LogP contribution in [-0.2, 0) is 4.79 Å². The van der Waals surface area contributed by atoms with Gasteiger partial charge in [-0.1, -0.05) is 36.4 Å². The van der Waals surface area contributed by atoms with Crippen LogP contribution in [0.5, 0.6) is 5.75 Å². The van der Waals surface area contributed by atoms with Gasteiger partial charge in [-0.05, 0) is 11.5 Å². The number of nitrogens with one attached hydrogen (secondary N) is 2. The SMILES string of the molecule is Cl.O=C(NCCOc1cccc2ccccc12)C1CNC1. The number of ether oxygens (including phenoxy) is 1. The van der Waals surface area contributed by atoms with Crippen LogP contribution in [0.15, 0.2) is 42.5 Å². The third-order valence-electron chi connectivity index (χ3n) is 3.56. The van der Waals surface area contributed by atoms with Gasteiger partial charge in [0.25, 0.3) is 0 Å².